The average molecular weight is 371 g/mol. The van der Waals surface area contributed by atoms with Crippen molar-refractivity contribution in [1.82, 2.24) is 9.21 Å². The standard InChI is InChI=1S/C15H34N2O4S2/c1-13(14(2,3)4)16(12-22(8,18)19)10-11-17(15(5,6)7)23(9,20)21/h13H,10-12H2,1-9H3. The second kappa shape index (κ2) is 7.37. The molecule has 1 atom stereocenters. The third kappa shape index (κ3) is 8.47. The minimum Gasteiger partial charge on any atom is -0.285 e. The Bertz CT molecular complexity index is 584. The smallest absolute Gasteiger partial charge is 0.211 e. The first kappa shape index (κ1) is 22.8. The van der Waals surface area contributed by atoms with Crippen LogP contribution in [0, 0.1) is 5.41 Å². The van der Waals surface area contributed by atoms with Gasteiger partial charge in [-0.3, -0.25) is 4.90 Å². The molecule has 8 heteroatoms. The summed E-state index contributed by atoms with van der Waals surface area (Å²) < 4.78 is 49.0. The normalized spacial score (nSPS) is 16.1. The van der Waals surface area contributed by atoms with Crippen molar-refractivity contribution < 1.29 is 16.8 Å². The largest absolute Gasteiger partial charge is 0.285 e. The molecule has 0 aromatic carbocycles. The quantitative estimate of drug-likeness (QED) is 0.683. The summed E-state index contributed by atoms with van der Waals surface area (Å²) in [5.74, 6) is -0.0762. The molecule has 0 aromatic heterocycles. The van der Waals surface area contributed by atoms with E-state index in [2.05, 4.69) is 0 Å². The third-order valence-electron chi connectivity index (χ3n) is 3.94. The predicted octanol–water partition coefficient (Wildman–Crippen LogP) is 1.79. The predicted molar refractivity (Wildman–Crippen MR) is 96.6 cm³/mol. The molecule has 0 aliphatic heterocycles. The van der Waals surface area contributed by atoms with E-state index in [0.717, 1.165) is 0 Å². The number of hydrogen-bond donors (Lipinski definition) is 0. The SMILES string of the molecule is CC(N(CCN(C(C)(C)C)S(C)(=O)=O)CS(C)(=O)=O)C(C)(C)C. The summed E-state index contributed by atoms with van der Waals surface area (Å²) in [5.41, 5.74) is -0.655. The van der Waals surface area contributed by atoms with Crippen LogP contribution in [0.5, 0.6) is 0 Å². The van der Waals surface area contributed by atoms with E-state index in [1.165, 1.54) is 16.8 Å². The van der Waals surface area contributed by atoms with Crippen LogP contribution in [0.2, 0.25) is 0 Å². The average Bonchev–Trinajstić information content (AvgIpc) is 2.19. The molecule has 0 N–H and O–H groups in total. The molecule has 0 rings (SSSR count). The summed E-state index contributed by atoms with van der Waals surface area (Å²) in [7, 11) is -6.56. The van der Waals surface area contributed by atoms with Crippen molar-refractivity contribution in [1.29, 1.82) is 0 Å². The van der Waals surface area contributed by atoms with Gasteiger partial charge in [0.25, 0.3) is 0 Å². The Morgan fingerprint density at radius 1 is 0.870 bits per heavy atom. The van der Waals surface area contributed by atoms with Crippen LogP contribution in [-0.4, -0.2) is 69.1 Å². The van der Waals surface area contributed by atoms with Crippen LogP contribution >= 0.6 is 0 Å². The number of sulfonamides is 1. The molecule has 0 bridgehead atoms. The second-order valence-electron chi connectivity index (χ2n) is 8.42. The lowest BCUT2D eigenvalue weighted by Gasteiger charge is -2.40. The topological polar surface area (TPSA) is 74.8 Å². The maximum atomic E-state index is 12.0. The van der Waals surface area contributed by atoms with Gasteiger partial charge in [-0.2, -0.15) is 4.31 Å². The highest BCUT2D eigenvalue weighted by atomic mass is 32.2. The van der Waals surface area contributed by atoms with Gasteiger partial charge < -0.3 is 0 Å². The van der Waals surface area contributed by atoms with Crippen molar-refractivity contribution in [2.24, 2.45) is 5.41 Å². The fourth-order valence-corrected chi connectivity index (χ4v) is 4.80. The van der Waals surface area contributed by atoms with Crippen molar-refractivity contribution in [2.45, 2.75) is 60.0 Å². The fourth-order valence-electron chi connectivity index (χ4n) is 2.44. The van der Waals surface area contributed by atoms with Crippen molar-refractivity contribution in [2.75, 3.05) is 31.5 Å². The molecule has 0 spiro atoms. The number of hydrogen-bond acceptors (Lipinski definition) is 5. The van der Waals surface area contributed by atoms with Gasteiger partial charge in [0.15, 0.2) is 9.84 Å². The summed E-state index contributed by atoms with van der Waals surface area (Å²) >= 11 is 0. The Balaban J connectivity index is 5.39. The second-order valence-corrected chi connectivity index (χ2v) is 12.4. The van der Waals surface area contributed by atoms with Gasteiger partial charge in [-0.05, 0) is 33.1 Å². The molecular formula is C15H34N2O4S2. The van der Waals surface area contributed by atoms with Crippen molar-refractivity contribution in [3.63, 3.8) is 0 Å². The Hall–Kier alpha value is -0.180. The lowest BCUT2D eigenvalue weighted by molar-refractivity contribution is 0.116. The molecule has 23 heavy (non-hydrogen) atoms. The number of sulfone groups is 1. The minimum absolute atomic E-state index is 0.00129. The van der Waals surface area contributed by atoms with E-state index in [1.807, 2.05) is 53.4 Å². The van der Waals surface area contributed by atoms with Gasteiger partial charge in [0.05, 0.1) is 6.26 Å². The molecule has 0 saturated heterocycles. The summed E-state index contributed by atoms with van der Waals surface area (Å²) in [4.78, 5) is 1.85. The zero-order valence-electron chi connectivity index (χ0n) is 16.0. The van der Waals surface area contributed by atoms with Gasteiger partial charge in [-0.1, -0.05) is 20.8 Å². The molecular weight excluding hydrogens is 336 g/mol. The summed E-state index contributed by atoms with van der Waals surface area (Å²) in [5, 5.41) is 0. The lowest BCUT2D eigenvalue weighted by atomic mass is 9.87. The van der Waals surface area contributed by atoms with Gasteiger partial charge in [-0.25, -0.2) is 16.8 Å². The van der Waals surface area contributed by atoms with E-state index in [9.17, 15) is 16.8 Å². The van der Waals surface area contributed by atoms with Crippen LogP contribution in [0.15, 0.2) is 0 Å². The Morgan fingerprint density at radius 2 is 1.30 bits per heavy atom. The first-order chi connectivity index (χ1) is 9.86. The third-order valence-corrected chi connectivity index (χ3v) is 6.27. The highest BCUT2D eigenvalue weighted by Gasteiger charge is 2.33. The van der Waals surface area contributed by atoms with Crippen LogP contribution in [0.4, 0.5) is 0 Å². The fraction of sp³-hybridized carbons (Fsp3) is 1.00. The molecule has 0 heterocycles. The van der Waals surface area contributed by atoms with Crippen LogP contribution in [0.25, 0.3) is 0 Å². The van der Waals surface area contributed by atoms with Crippen molar-refractivity contribution >= 4 is 19.9 Å². The zero-order valence-corrected chi connectivity index (χ0v) is 17.7. The van der Waals surface area contributed by atoms with E-state index in [-0.39, 0.29) is 23.9 Å². The van der Waals surface area contributed by atoms with Gasteiger partial charge in [-0.15, -0.1) is 0 Å². The van der Waals surface area contributed by atoms with E-state index >= 15 is 0 Å². The molecule has 1 unspecified atom stereocenters. The molecule has 0 saturated carbocycles. The van der Waals surface area contributed by atoms with Gasteiger partial charge in [0, 0.05) is 30.9 Å². The van der Waals surface area contributed by atoms with E-state index in [0.29, 0.717) is 6.54 Å². The lowest BCUT2D eigenvalue weighted by Crippen LogP contribution is -2.52. The Labute approximate surface area is 143 Å². The molecule has 0 aromatic rings. The minimum atomic E-state index is -3.37. The Kier molecular flexibility index (Phi) is 7.31. The van der Waals surface area contributed by atoms with E-state index < -0.39 is 25.4 Å². The van der Waals surface area contributed by atoms with Crippen molar-refractivity contribution in [3.8, 4) is 0 Å². The van der Waals surface area contributed by atoms with Crippen LogP contribution in [0.1, 0.15) is 48.5 Å². The molecule has 6 nitrogen and oxygen atoms in total. The molecule has 0 fully saturated rings. The van der Waals surface area contributed by atoms with Gasteiger partial charge in [0.2, 0.25) is 10.0 Å². The van der Waals surface area contributed by atoms with Gasteiger partial charge >= 0.3 is 0 Å². The monoisotopic (exact) mass is 370 g/mol. The molecule has 0 amide bonds. The Morgan fingerprint density at radius 3 is 1.57 bits per heavy atom. The highest BCUT2D eigenvalue weighted by molar-refractivity contribution is 7.90. The van der Waals surface area contributed by atoms with Crippen LogP contribution in [0.3, 0.4) is 0 Å². The van der Waals surface area contributed by atoms with Crippen LogP contribution in [-0.2, 0) is 19.9 Å². The van der Waals surface area contributed by atoms with E-state index in [1.54, 1.807) is 0 Å². The van der Waals surface area contributed by atoms with E-state index in [4.69, 9.17) is 0 Å². The maximum Gasteiger partial charge on any atom is 0.211 e. The highest BCUT2D eigenvalue weighted by Crippen LogP contribution is 2.25. The first-order valence-electron chi connectivity index (χ1n) is 7.75. The first-order valence-corrected chi connectivity index (χ1v) is 11.7. The van der Waals surface area contributed by atoms with Gasteiger partial charge in [0.1, 0.15) is 5.88 Å². The number of nitrogens with zero attached hydrogens (tertiary/aromatic N) is 2. The summed E-state index contributed by atoms with van der Waals surface area (Å²) in [6.45, 7) is 14.3. The zero-order chi connectivity index (χ0) is 18.9. The molecule has 0 aliphatic rings. The molecule has 140 valence electrons. The molecule has 0 radical (unpaired) electrons. The van der Waals surface area contributed by atoms with Crippen molar-refractivity contribution in [3.05, 3.63) is 0 Å². The summed E-state index contributed by atoms with van der Waals surface area (Å²) in [6, 6.07) is -0.00129. The maximum absolute atomic E-state index is 12.0. The molecule has 0 aliphatic carbocycles. The number of rotatable bonds is 7. The van der Waals surface area contributed by atoms with Crippen LogP contribution < -0.4 is 0 Å². The summed E-state index contributed by atoms with van der Waals surface area (Å²) in [6.07, 6.45) is 2.39.